The first-order valence-corrected chi connectivity index (χ1v) is 6.33. The Morgan fingerprint density at radius 3 is 2.94 bits per heavy atom. The Bertz CT molecular complexity index is 447. The first-order valence-electron chi connectivity index (χ1n) is 5.95. The fraction of sp³-hybridized carbons (Fsp3) is 0.583. The van der Waals surface area contributed by atoms with Crippen LogP contribution >= 0.6 is 11.6 Å². The molecule has 0 aliphatic carbocycles. The highest BCUT2D eigenvalue weighted by atomic mass is 35.5. The Balaban J connectivity index is 2.19. The number of anilines is 1. The van der Waals surface area contributed by atoms with Gasteiger partial charge < -0.3 is 10.1 Å². The Morgan fingerprint density at radius 1 is 1.56 bits per heavy atom. The summed E-state index contributed by atoms with van der Waals surface area (Å²) in [6.07, 6.45) is 1.70. The first kappa shape index (κ1) is 13.2. The van der Waals surface area contributed by atoms with Gasteiger partial charge in [0.05, 0.1) is 12.2 Å². The quantitative estimate of drug-likeness (QED) is 0.670. The second kappa shape index (κ2) is 5.63. The van der Waals surface area contributed by atoms with Gasteiger partial charge in [0.15, 0.2) is 6.29 Å². The van der Waals surface area contributed by atoms with Crippen molar-refractivity contribution in [2.75, 3.05) is 18.5 Å². The standard InChI is InChI=1S/C12H16ClN3O2/c1-7(9-3-4-18-6-9)14-12-10(5-17)11(13)15-8(2)16-12/h5,7,9H,3-4,6H2,1-2H3,(H,14,15,16). The van der Waals surface area contributed by atoms with Crippen molar-refractivity contribution in [3.63, 3.8) is 0 Å². The van der Waals surface area contributed by atoms with Crippen LogP contribution in [0.3, 0.4) is 0 Å². The minimum Gasteiger partial charge on any atom is -0.381 e. The third-order valence-electron chi connectivity index (χ3n) is 3.17. The largest absolute Gasteiger partial charge is 0.381 e. The van der Waals surface area contributed by atoms with Gasteiger partial charge in [0, 0.05) is 18.6 Å². The van der Waals surface area contributed by atoms with Crippen LogP contribution in [-0.4, -0.2) is 35.5 Å². The third kappa shape index (κ3) is 2.79. The van der Waals surface area contributed by atoms with Crippen LogP contribution in [0.1, 0.15) is 29.5 Å². The molecule has 1 aromatic rings. The van der Waals surface area contributed by atoms with E-state index in [-0.39, 0.29) is 11.2 Å². The zero-order valence-corrected chi connectivity index (χ0v) is 11.2. The SMILES string of the molecule is Cc1nc(Cl)c(C=O)c(NC(C)C2CCOC2)n1. The predicted molar refractivity (Wildman–Crippen MR) is 69.2 cm³/mol. The molecule has 1 N–H and O–H groups in total. The predicted octanol–water partition coefficient (Wildman–Crippen LogP) is 2.09. The van der Waals surface area contributed by atoms with Crippen molar-refractivity contribution < 1.29 is 9.53 Å². The highest BCUT2D eigenvalue weighted by molar-refractivity contribution is 6.32. The van der Waals surface area contributed by atoms with E-state index in [1.54, 1.807) is 6.92 Å². The van der Waals surface area contributed by atoms with E-state index in [9.17, 15) is 4.79 Å². The zero-order chi connectivity index (χ0) is 13.1. The molecule has 6 heteroatoms. The fourth-order valence-electron chi connectivity index (χ4n) is 2.04. The molecule has 2 atom stereocenters. The monoisotopic (exact) mass is 269 g/mol. The Morgan fingerprint density at radius 2 is 2.33 bits per heavy atom. The number of hydrogen-bond donors (Lipinski definition) is 1. The summed E-state index contributed by atoms with van der Waals surface area (Å²) in [6, 6.07) is 0.177. The van der Waals surface area contributed by atoms with Gasteiger partial charge in [-0.25, -0.2) is 9.97 Å². The maximum absolute atomic E-state index is 11.0. The lowest BCUT2D eigenvalue weighted by Gasteiger charge is -2.21. The molecule has 0 spiro atoms. The van der Waals surface area contributed by atoms with Gasteiger partial charge >= 0.3 is 0 Å². The average molecular weight is 270 g/mol. The number of nitrogens with one attached hydrogen (secondary N) is 1. The second-order valence-corrected chi connectivity index (χ2v) is 4.86. The summed E-state index contributed by atoms with van der Waals surface area (Å²) in [7, 11) is 0. The van der Waals surface area contributed by atoms with Crippen LogP contribution < -0.4 is 5.32 Å². The molecule has 2 heterocycles. The van der Waals surface area contributed by atoms with Gasteiger partial charge in [-0.3, -0.25) is 4.79 Å². The van der Waals surface area contributed by atoms with E-state index < -0.39 is 0 Å². The molecule has 0 radical (unpaired) electrons. The average Bonchev–Trinajstić information content (AvgIpc) is 2.81. The number of ether oxygens (including phenoxy) is 1. The molecular weight excluding hydrogens is 254 g/mol. The summed E-state index contributed by atoms with van der Waals surface area (Å²) < 4.78 is 5.35. The van der Waals surface area contributed by atoms with E-state index in [2.05, 4.69) is 22.2 Å². The van der Waals surface area contributed by atoms with Gasteiger partial charge in [-0.2, -0.15) is 0 Å². The molecule has 0 bridgehead atoms. The highest BCUT2D eigenvalue weighted by Gasteiger charge is 2.23. The molecule has 2 unspecified atom stereocenters. The number of halogens is 1. The molecule has 0 aromatic carbocycles. The van der Waals surface area contributed by atoms with E-state index in [0.717, 1.165) is 19.6 Å². The van der Waals surface area contributed by atoms with Crippen molar-refractivity contribution in [2.45, 2.75) is 26.3 Å². The van der Waals surface area contributed by atoms with Crippen LogP contribution in [0.5, 0.6) is 0 Å². The minimum atomic E-state index is 0.177. The summed E-state index contributed by atoms with van der Waals surface area (Å²) in [4.78, 5) is 19.2. The third-order valence-corrected chi connectivity index (χ3v) is 3.45. The first-order chi connectivity index (χ1) is 8.61. The molecule has 1 aliphatic rings. The lowest BCUT2D eigenvalue weighted by Crippen LogP contribution is -2.27. The van der Waals surface area contributed by atoms with Crippen LogP contribution in [0.4, 0.5) is 5.82 Å². The maximum atomic E-state index is 11.0. The van der Waals surface area contributed by atoms with Crippen molar-refractivity contribution in [2.24, 2.45) is 5.92 Å². The molecule has 1 fully saturated rings. The number of aryl methyl sites for hydroxylation is 1. The highest BCUT2D eigenvalue weighted by Crippen LogP contribution is 2.23. The summed E-state index contributed by atoms with van der Waals surface area (Å²) in [5, 5.41) is 3.43. The molecule has 1 aromatic heterocycles. The van der Waals surface area contributed by atoms with E-state index in [0.29, 0.717) is 29.4 Å². The van der Waals surface area contributed by atoms with Crippen LogP contribution in [0.15, 0.2) is 0 Å². The van der Waals surface area contributed by atoms with Crippen molar-refractivity contribution in [1.29, 1.82) is 0 Å². The van der Waals surface area contributed by atoms with Crippen LogP contribution in [0, 0.1) is 12.8 Å². The van der Waals surface area contributed by atoms with E-state index in [1.807, 2.05) is 0 Å². The van der Waals surface area contributed by atoms with Gasteiger partial charge in [0.25, 0.3) is 0 Å². The lowest BCUT2D eigenvalue weighted by atomic mass is 10.0. The lowest BCUT2D eigenvalue weighted by molar-refractivity contribution is 0.112. The van der Waals surface area contributed by atoms with Gasteiger partial charge in [0.2, 0.25) is 0 Å². The molecule has 0 amide bonds. The Labute approximate surface area is 111 Å². The van der Waals surface area contributed by atoms with Gasteiger partial charge in [-0.1, -0.05) is 11.6 Å². The summed E-state index contributed by atoms with van der Waals surface area (Å²) in [5.41, 5.74) is 0.313. The summed E-state index contributed by atoms with van der Waals surface area (Å²) in [5.74, 6) is 1.48. The van der Waals surface area contributed by atoms with Crippen LogP contribution in [0.2, 0.25) is 5.15 Å². The molecule has 1 aliphatic heterocycles. The zero-order valence-electron chi connectivity index (χ0n) is 10.4. The maximum Gasteiger partial charge on any atom is 0.156 e. The molecule has 1 saturated heterocycles. The van der Waals surface area contributed by atoms with E-state index in [1.165, 1.54) is 0 Å². The number of rotatable bonds is 4. The number of nitrogens with zero attached hydrogens (tertiary/aromatic N) is 2. The van der Waals surface area contributed by atoms with Crippen molar-refractivity contribution in [1.82, 2.24) is 9.97 Å². The Kier molecular flexibility index (Phi) is 4.14. The van der Waals surface area contributed by atoms with Gasteiger partial charge in [-0.05, 0) is 20.3 Å². The number of aromatic nitrogens is 2. The molecule has 2 rings (SSSR count). The van der Waals surface area contributed by atoms with Crippen molar-refractivity contribution in [3.05, 3.63) is 16.5 Å². The summed E-state index contributed by atoms with van der Waals surface area (Å²) in [6.45, 7) is 5.33. The molecule has 98 valence electrons. The molecule has 5 nitrogen and oxygen atoms in total. The number of carbonyl (C=O) groups is 1. The second-order valence-electron chi connectivity index (χ2n) is 4.50. The van der Waals surface area contributed by atoms with Crippen molar-refractivity contribution in [3.8, 4) is 0 Å². The van der Waals surface area contributed by atoms with Crippen molar-refractivity contribution >= 4 is 23.7 Å². The topological polar surface area (TPSA) is 64.1 Å². The smallest absolute Gasteiger partial charge is 0.156 e. The van der Waals surface area contributed by atoms with Crippen LogP contribution in [0.25, 0.3) is 0 Å². The van der Waals surface area contributed by atoms with Gasteiger partial charge in [-0.15, -0.1) is 0 Å². The summed E-state index contributed by atoms with van der Waals surface area (Å²) >= 11 is 5.93. The minimum absolute atomic E-state index is 0.177. The van der Waals surface area contributed by atoms with E-state index >= 15 is 0 Å². The fourth-order valence-corrected chi connectivity index (χ4v) is 2.30. The normalized spacial score (nSPS) is 20.7. The molecule has 0 saturated carbocycles. The van der Waals surface area contributed by atoms with E-state index in [4.69, 9.17) is 16.3 Å². The van der Waals surface area contributed by atoms with Crippen LogP contribution in [-0.2, 0) is 4.74 Å². The number of aldehydes is 1. The number of carbonyl (C=O) groups excluding carboxylic acids is 1. The molecular formula is C12H16ClN3O2. The van der Waals surface area contributed by atoms with Gasteiger partial charge in [0.1, 0.15) is 16.8 Å². The Hall–Kier alpha value is -1.20. The molecule has 18 heavy (non-hydrogen) atoms. The number of hydrogen-bond acceptors (Lipinski definition) is 5.